The van der Waals surface area contributed by atoms with Crippen LogP contribution in [-0.4, -0.2) is 36.0 Å². The molecule has 0 bridgehead atoms. The van der Waals surface area contributed by atoms with Crippen LogP contribution in [0.3, 0.4) is 0 Å². The van der Waals surface area contributed by atoms with Gasteiger partial charge in [-0.25, -0.2) is 19.6 Å². The number of unbranched alkanes of at least 4 members (excludes halogenated alkanes) is 7. The lowest BCUT2D eigenvalue weighted by Gasteiger charge is -2.39. The third kappa shape index (κ3) is 9.25. The largest absolute Gasteiger partial charge is 0.396 e. The van der Waals surface area contributed by atoms with Gasteiger partial charge in [0.1, 0.15) is 0 Å². The van der Waals surface area contributed by atoms with Crippen LogP contribution in [0, 0.1) is 17.8 Å². The first-order valence-electron chi connectivity index (χ1n) is 12.5. The maximum atomic E-state index is 10.6. The molecule has 0 radical (unpaired) electrons. The van der Waals surface area contributed by atoms with Gasteiger partial charge in [0.05, 0.1) is 12.1 Å². The van der Waals surface area contributed by atoms with Crippen LogP contribution in [-0.2, 0) is 9.59 Å². The predicted octanol–water partition coefficient (Wildman–Crippen LogP) is 5.90. The average Bonchev–Trinajstić information content (AvgIpc) is 2.77. The summed E-state index contributed by atoms with van der Waals surface area (Å²) in [7, 11) is 0. The Kier molecular flexibility index (Phi) is 12.9. The van der Waals surface area contributed by atoms with Gasteiger partial charge in [0, 0.05) is 6.61 Å². The molecule has 0 unspecified atom stereocenters. The van der Waals surface area contributed by atoms with Crippen molar-refractivity contribution in [1.29, 1.82) is 0 Å². The van der Waals surface area contributed by atoms with Gasteiger partial charge >= 0.3 is 0 Å². The van der Waals surface area contributed by atoms with Crippen LogP contribution < -0.4 is 0 Å². The molecule has 0 heterocycles. The van der Waals surface area contributed by atoms with Crippen LogP contribution >= 0.6 is 0 Å². The molecule has 170 valence electrons. The number of aliphatic hydroxyl groups is 1. The van der Waals surface area contributed by atoms with Crippen molar-refractivity contribution in [2.45, 2.75) is 121 Å². The number of aliphatic hydroxyl groups excluding tert-OH is 1. The Morgan fingerprint density at radius 1 is 0.633 bits per heavy atom. The first-order valence-corrected chi connectivity index (χ1v) is 12.5. The van der Waals surface area contributed by atoms with E-state index in [4.69, 9.17) is 5.11 Å². The van der Waals surface area contributed by atoms with E-state index in [0.717, 1.165) is 56.3 Å². The number of hydrogen-bond acceptors (Lipinski definition) is 5. The van der Waals surface area contributed by atoms with Crippen LogP contribution in [0.4, 0.5) is 0 Å². The maximum Gasteiger partial charge on any atom is 0.235 e. The molecule has 30 heavy (non-hydrogen) atoms. The van der Waals surface area contributed by atoms with Crippen molar-refractivity contribution in [3.05, 3.63) is 0 Å². The Balaban J connectivity index is 1.77. The molecule has 0 saturated heterocycles. The van der Waals surface area contributed by atoms with Gasteiger partial charge in [-0.1, -0.05) is 44.9 Å². The van der Waals surface area contributed by atoms with Gasteiger partial charge in [0.2, 0.25) is 12.2 Å². The highest BCUT2D eigenvalue weighted by molar-refractivity contribution is 5.33. The summed E-state index contributed by atoms with van der Waals surface area (Å²) in [4.78, 5) is 29.1. The number of carbonyl (C=O) groups excluding carboxylic acids is 2. The quantitative estimate of drug-likeness (QED) is 0.217. The van der Waals surface area contributed by atoms with Gasteiger partial charge in [-0.2, -0.15) is 0 Å². The van der Waals surface area contributed by atoms with Crippen molar-refractivity contribution in [2.24, 2.45) is 27.7 Å². The molecule has 5 nitrogen and oxygen atoms in total. The van der Waals surface area contributed by atoms with Crippen molar-refractivity contribution in [1.82, 2.24) is 0 Å². The van der Waals surface area contributed by atoms with E-state index in [1.165, 1.54) is 70.6 Å². The minimum Gasteiger partial charge on any atom is -0.396 e. The van der Waals surface area contributed by atoms with Gasteiger partial charge < -0.3 is 5.11 Å². The zero-order valence-corrected chi connectivity index (χ0v) is 18.8. The fourth-order valence-electron chi connectivity index (χ4n) is 5.88. The Hall–Kier alpha value is -1.28. The summed E-state index contributed by atoms with van der Waals surface area (Å²) in [5, 5.41) is 8.84. The van der Waals surface area contributed by atoms with Gasteiger partial charge in [-0.15, -0.1) is 0 Å². The maximum absolute atomic E-state index is 10.6. The van der Waals surface area contributed by atoms with Crippen molar-refractivity contribution in [3.8, 4) is 0 Å². The lowest BCUT2D eigenvalue weighted by Crippen LogP contribution is -2.31. The van der Waals surface area contributed by atoms with E-state index in [2.05, 4.69) is 9.98 Å². The molecule has 2 aliphatic carbocycles. The van der Waals surface area contributed by atoms with E-state index >= 15 is 0 Å². The second-order valence-corrected chi connectivity index (χ2v) is 9.58. The third-order valence-corrected chi connectivity index (χ3v) is 7.61. The standard InChI is InChI=1S/C25H42N2O3/c28-18-8-6-4-2-1-3-5-7-9-25(21-10-14-23(15-11-21)26-19-29)22-12-16-24(17-13-22)27-20-30/h21-25,28H,1-18H2. The first-order chi connectivity index (χ1) is 14.8. The lowest BCUT2D eigenvalue weighted by atomic mass is 9.67. The molecule has 0 aromatic rings. The Labute approximate surface area is 182 Å². The lowest BCUT2D eigenvalue weighted by molar-refractivity contribution is 0.122. The van der Waals surface area contributed by atoms with E-state index in [1.54, 1.807) is 12.2 Å². The fourth-order valence-corrected chi connectivity index (χ4v) is 5.88. The zero-order chi connectivity index (χ0) is 21.4. The summed E-state index contributed by atoms with van der Waals surface area (Å²) in [6.07, 6.45) is 23.7. The summed E-state index contributed by atoms with van der Waals surface area (Å²) < 4.78 is 0. The molecule has 0 amide bonds. The van der Waals surface area contributed by atoms with Crippen LogP contribution in [0.1, 0.15) is 109 Å². The highest BCUT2D eigenvalue weighted by Gasteiger charge is 2.34. The van der Waals surface area contributed by atoms with Crippen molar-refractivity contribution < 1.29 is 14.7 Å². The minimum atomic E-state index is 0.197. The molecule has 2 rings (SSSR count). The molecule has 0 aromatic carbocycles. The van der Waals surface area contributed by atoms with Gasteiger partial charge in [0.25, 0.3) is 0 Å². The molecular weight excluding hydrogens is 376 g/mol. The number of aliphatic imine (C=N–C) groups is 2. The summed E-state index contributed by atoms with van der Waals surface area (Å²) in [5.41, 5.74) is 0. The van der Waals surface area contributed by atoms with E-state index in [0.29, 0.717) is 6.61 Å². The highest BCUT2D eigenvalue weighted by atomic mass is 16.2. The summed E-state index contributed by atoms with van der Waals surface area (Å²) in [6, 6.07) is 0.394. The topological polar surface area (TPSA) is 79.1 Å². The number of rotatable bonds is 14. The third-order valence-electron chi connectivity index (χ3n) is 7.61. The van der Waals surface area contributed by atoms with Gasteiger partial charge in [-0.05, 0) is 82.0 Å². The van der Waals surface area contributed by atoms with Crippen LogP contribution in [0.15, 0.2) is 9.98 Å². The Morgan fingerprint density at radius 2 is 1.03 bits per heavy atom. The summed E-state index contributed by atoms with van der Waals surface area (Å²) in [6.45, 7) is 0.328. The van der Waals surface area contributed by atoms with Crippen LogP contribution in [0.2, 0.25) is 0 Å². The molecule has 0 aromatic heterocycles. The van der Waals surface area contributed by atoms with Gasteiger partial charge in [0.15, 0.2) is 0 Å². The first kappa shape index (κ1) is 25.0. The molecule has 2 aliphatic rings. The minimum absolute atomic E-state index is 0.197. The Bertz CT molecular complexity index is 501. The normalized spacial score (nSPS) is 27.6. The van der Waals surface area contributed by atoms with Crippen LogP contribution in [0.25, 0.3) is 0 Å². The van der Waals surface area contributed by atoms with Crippen molar-refractivity contribution >= 4 is 12.2 Å². The smallest absolute Gasteiger partial charge is 0.235 e. The van der Waals surface area contributed by atoms with E-state index in [1.807, 2.05) is 0 Å². The highest BCUT2D eigenvalue weighted by Crippen LogP contribution is 2.43. The fraction of sp³-hybridized carbons (Fsp3) is 0.920. The number of hydrogen-bond donors (Lipinski definition) is 1. The summed E-state index contributed by atoms with van der Waals surface area (Å²) in [5.74, 6) is 2.30. The zero-order valence-electron chi connectivity index (χ0n) is 18.8. The molecule has 5 heteroatoms. The van der Waals surface area contributed by atoms with Gasteiger partial charge in [-0.3, -0.25) is 0 Å². The molecular formula is C25H42N2O3. The molecule has 2 saturated carbocycles. The summed E-state index contributed by atoms with van der Waals surface area (Å²) >= 11 is 0. The Morgan fingerprint density at radius 3 is 1.43 bits per heavy atom. The second kappa shape index (κ2) is 15.5. The molecule has 0 aliphatic heterocycles. The molecule has 0 atom stereocenters. The SMILES string of the molecule is O=C=NC1CCC(C(CCCCCCCCCCO)C2CCC(N=C=O)CC2)CC1. The predicted molar refractivity (Wildman–Crippen MR) is 120 cm³/mol. The van der Waals surface area contributed by atoms with Crippen molar-refractivity contribution in [2.75, 3.05) is 6.61 Å². The van der Waals surface area contributed by atoms with E-state index < -0.39 is 0 Å². The van der Waals surface area contributed by atoms with Crippen molar-refractivity contribution in [3.63, 3.8) is 0 Å². The molecule has 2 fully saturated rings. The van der Waals surface area contributed by atoms with E-state index in [9.17, 15) is 9.59 Å². The van der Waals surface area contributed by atoms with E-state index in [-0.39, 0.29) is 12.1 Å². The van der Waals surface area contributed by atoms with Crippen LogP contribution in [0.5, 0.6) is 0 Å². The average molecular weight is 419 g/mol. The monoisotopic (exact) mass is 418 g/mol. The number of isocyanates is 2. The molecule has 0 spiro atoms. The molecule has 1 N–H and O–H groups in total. The number of nitrogens with zero attached hydrogens (tertiary/aromatic N) is 2. The second-order valence-electron chi connectivity index (χ2n) is 9.58.